The number of hydrogen-bond acceptors (Lipinski definition) is 2. The lowest BCUT2D eigenvalue weighted by atomic mass is 10.3. The summed E-state index contributed by atoms with van der Waals surface area (Å²) in [5, 5.41) is 2.61. The molecule has 7 heavy (non-hydrogen) atoms. The fraction of sp³-hybridized carbons (Fsp3) is 0.750. The molecule has 1 rings (SSSR count). The van der Waals surface area contributed by atoms with Crippen molar-refractivity contribution in [1.29, 1.82) is 0 Å². The number of hydrogen-bond donors (Lipinski definition) is 2. The lowest BCUT2D eigenvalue weighted by molar-refractivity contribution is -0.119. The maximum Gasteiger partial charge on any atom is 0.221 e. The molecule has 0 radical (unpaired) electrons. The second-order valence-corrected chi connectivity index (χ2v) is 1.77. The van der Waals surface area contributed by atoms with Crippen LogP contribution in [0.5, 0.6) is 0 Å². The molecule has 3 heteroatoms. The van der Waals surface area contributed by atoms with Gasteiger partial charge in [0.05, 0.1) is 0 Å². The smallest absolute Gasteiger partial charge is 0.221 e. The van der Waals surface area contributed by atoms with Crippen LogP contribution in [-0.2, 0) is 4.79 Å². The lowest BCUT2D eigenvalue weighted by Gasteiger charge is -1.90. The number of carbonyl (C=O) groups is 1. The van der Waals surface area contributed by atoms with Crippen LogP contribution < -0.4 is 11.1 Å². The minimum absolute atomic E-state index is 0.0625. The van der Waals surface area contributed by atoms with Crippen molar-refractivity contribution in [2.24, 2.45) is 5.73 Å². The van der Waals surface area contributed by atoms with Crippen molar-refractivity contribution < 1.29 is 4.79 Å². The Balaban J connectivity index is 2.40. The Hall–Kier alpha value is -0.570. The average Bonchev–Trinajstić information content (AvgIpc) is 1.87. The Bertz CT molecular complexity index is 91.7. The molecule has 0 saturated carbocycles. The SMILES string of the molecule is NC1CNC(=O)C1. The fourth-order valence-corrected chi connectivity index (χ4v) is 0.627. The van der Waals surface area contributed by atoms with Crippen molar-refractivity contribution in [2.75, 3.05) is 6.54 Å². The fourth-order valence-electron chi connectivity index (χ4n) is 0.627. The topological polar surface area (TPSA) is 55.1 Å². The van der Waals surface area contributed by atoms with E-state index in [0.717, 1.165) is 0 Å². The molecule has 1 saturated heterocycles. The summed E-state index contributed by atoms with van der Waals surface area (Å²) in [6, 6.07) is 0.0625. The van der Waals surface area contributed by atoms with Gasteiger partial charge in [-0.2, -0.15) is 0 Å². The van der Waals surface area contributed by atoms with E-state index < -0.39 is 0 Å². The summed E-state index contributed by atoms with van der Waals surface area (Å²) in [4.78, 5) is 10.3. The van der Waals surface area contributed by atoms with E-state index in [2.05, 4.69) is 5.32 Å². The molecule has 3 N–H and O–H groups in total. The highest BCUT2D eigenvalue weighted by atomic mass is 16.1. The van der Waals surface area contributed by atoms with Crippen LogP contribution in [0.1, 0.15) is 6.42 Å². The third-order valence-electron chi connectivity index (χ3n) is 1.01. The van der Waals surface area contributed by atoms with Gasteiger partial charge in [-0.1, -0.05) is 0 Å². The van der Waals surface area contributed by atoms with E-state index in [-0.39, 0.29) is 11.9 Å². The number of nitrogens with two attached hydrogens (primary N) is 1. The molecule has 1 fully saturated rings. The van der Waals surface area contributed by atoms with E-state index in [4.69, 9.17) is 5.73 Å². The molecule has 0 spiro atoms. The summed E-state index contributed by atoms with van der Waals surface area (Å²) in [5.74, 6) is 0.0764. The van der Waals surface area contributed by atoms with Crippen LogP contribution >= 0.6 is 0 Å². The Morgan fingerprint density at radius 3 is 2.71 bits per heavy atom. The van der Waals surface area contributed by atoms with E-state index in [0.29, 0.717) is 13.0 Å². The van der Waals surface area contributed by atoms with Crippen molar-refractivity contribution in [3.05, 3.63) is 0 Å². The maximum absolute atomic E-state index is 10.3. The van der Waals surface area contributed by atoms with Crippen molar-refractivity contribution in [3.63, 3.8) is 0 Å². The zero-order valence-corrected chi connectivity index (χ0v) is 3.98. The summed E-state index contributed by atoms with van der Waals surface area (Å²) in [6.07, 6.45) is 0.500. The molecule has 1 unspecified atom stereocenters. The Morgan fingerprint density at radius 2 is 2.57 bits per heavy atom. The van der Waals surface area contributed by atoms with E-state index in [1.807, 2.05) is 0 Å². The normalized spacial score (nSPS) is 30.4. The van der Waals surface area contributed by atoms with Gasteiger partial charge < -0.3 is 11.1 Å². The van der Waals surface area contributed by atoms with Crippen LogP contribution in [0.2, 0.25) is 0 Å². The van der Waals surface area contributed by atoms with Crippen molar-refractivity contribution in [1.82, 2.24) is 5.32 Å². The molecule has 40 valence electrons. The van der Waals surface area contributed by atoms with E-state index >= 15 is 0 Å². The van der Waals surface area contributed by atoms with Gasteiger partial charge >= 0.3 is 0 Å². The van der Waals surface area contributed by atoms with Crippen molar-refractivity contribution in [3.8, 4) is 0 Å². The van der Waals surface area contributed by atoms with Crippen LogP contribution in [0.3, 0.4) is 0 Å². The van der Waals surface area contributed by atoms with Gasteiger partial charge in [-0.3, -0.25) is 4.79 Å². The standard InChI is InChI=1S/C4H8N2O/c5-3-1-4(7)6-2-3/h3H,1-2,5H2,(H,6,7). The van der Waals surface area contributed by atoms with Gasteiger partial charge in [0.2, 0.25) is 5.91 Å². The molecule has 3 nitrogen and oxygen atoms in total. The number of rotatable bonds is 0. The summed E-state index contributed by atoms with van der Waals surface area (Å²) in [5.41, 5.74) is 5.34. The number of amides is 1. The third-order valence-corrected chi connectivity index (χ3v) is 1.01. The molecule has 1 aliphatic heterocycles. The molecular formula is C4H8N2O. The van der Waals surface area contributed by atoms with Crippen LogP contribution in [-0.4, -0.2) is 18.5 Å². The molecule has 0 aliphatic carbocycles. The minimum atomic E-state index is 0.0625. The lowest BCUT2D eigenvalue weighted by Crippen LogP contribution is -2.22. The van der Waals surface area contributed by atoms with E-state index in [1.54, 1.807) is 0 Å². The van der Waals surface area contributed by atoms with Gasteiger partial charge in [0.25, 0.3) is 0 Å². The monoisotopic (exact) mass is 100 g/mol. The van der Waals surface area contributed by atoms with Gasteiger partial charge in [0.1, 0.15) is 0 Å². The molecule has 0 bridgehead atoms. The van der Waals surface area contributed by atoms with Gasteiger partial charge in [-0.25, -0.2) is 0 Å². The van der Waals surface area contributed by atoms with Gasteiger partial charge in [-0.15, -0.1) is 0 Å². The summed E-state index contributed by atoms with van der Waals surface area (Å²) in [6.45, 7) is 0.652. The van der Waals surface area contributed by atoms with E-state index in [1.165, 1.54) is 0 Å². The van der Waals surface area contributed by atoms with Crippen LogP contribution in [0.25, 0.3) is 0 Å². The van der Waals surface area contributed by atoms with Gasteiger partial charge in [-0.05, 0) is 0 Å². The largest absolute Gasteiger partial charge is 0.354 e. The summed E-state index contributed by atoms with van der Waals surface area (Å²) >= 11 is 0. The highest BCUT2D eigenvalue weighted by Gasteiger charge is 2.15. The minimum Gasteiger partial charge on any atom is -0.354 e. The van der Waals surface area contributed by atoms with Crippen molar-refractivity contribution >= 4 is 5.91 Å². The highest BCUT2D eigenvalue weighted by molar-refractivity contribution is 5.78. The third kappa shape index (κ3) is 0.899. The second kappa shape index (κ2) is 1.50. The molecule has 0 aromatic rings. The van der Waals surface area contributed by atoms with Crippen LogP contribution in [0.15, 0.2) is 0 Å². The molecule has 1 atom stereocenters. The Kier molecular flexibility index (Phi) is 0.982. The summed E-state index contributed by atoms with van der Waals surface area (Å²) < 4.78 is 0. The number of nitrogens with one attached hydrogen (secondary N) is 1. The Labute approximate surface area is 41.9 Å². The van der Waals surface area contributed by atoms with Gasteiger partial charge in [0, 0.05) is 19.0 Å². The number of carbonyl (C=O) groups excluding carboxylic acids is 1. The first-order valence-corrected chi connectivity index (χ1v) is 2.31. The second-order valence-electron chi connectivity index (χ2n) is 1.77. The predicted molar refractivity (Wildman–Crippen MR) is 25.6 cm³/mol. The first kappa shape index (κ1) is 4.59. The Morgan fingerprint density at radius 1 is 1.86 bits per heavy atom. The first-order valence-electron chi connectivity index (χ1n) is 2.31. The molecule has 0 aromatic carbocycles. The predicted octanol–water partition coefficient (Wildman–Crippen LogP) is -1.17. The highest BCUT2D eigenvalue weighted by Crippen LogP contribution is 1.92. The molecule has 0 aromatic heterocycles. The zero-order valence-electron chi connectivity index (χ0n) is 3.98. The molecular weight excluding hydrogens is 92.1 g/mol. The molecule has 1 amide bonds. The summed E-state index contributed by atoms with van der Waals surface area (Å²) in [7, 11) is 0. The van der Waals surface area contributed by atoms with Gasteiger partial charge in [0.15, 0.2) is 0 Å². The first-order chi connectivity index (χ1) is 3.29. The molecule has 1 heterocycles. The maximum atomic E-state index is 10.3. The zero-order chi connectivity index (χ0) is 5.28. The van der Waals surface area contributed by atoms with Crippen LogP contribution in [0, 0.1) is 0 Å². The van der Waals surface area contributed by atoms with Crippen LogP contribution in [0.4, 0.5) is 0 Å². The van der Waals surface area contributed by atoms with E-state index in [9.17, 15) is 4.79 Å². The quantitative estimate of drug-likeness (QED) is 0.403. The molecule has 1 aliphatic rings. The average molecular weight is 100 g/mol. The van der Waals surface area contributed by atoms with Crippen molar-refractivity contribution in [2.45, 2.75) is 12.5 Å².